The second-order valence-corrected chi connectivity index (χ2v) is 6.78. The third kappa shape index (κ3) is 8.96. The van der Waals surface area contributed by atoms with Crippen molar-refractivity contribution in [1.29, 1.82) is 0 Å². The van der Waals surface area contributed by atoms with E-state index in [1.54, 1.807) is 6.07 Å². The molecule has 1 aromatic carbocycles. The standard InChI is InChI=1S/C18H27BrFN3O2.HI/c1-2-21-18(23-12-14-11-15(20)6-7-17(14)19)22-8-4-9-24-13-16-5-3-10-25-16;/h6-7,11,16H,2-5,8-10,12-13H2,1H3,(H2,21,22,23);1H. The van der Waals surface area contributed by atoms with E-state index in [0.717, 1.165) is 55.0 Å². The first-order valence-corrected chi connectivity index (χ1v) is 9.63. The second kappa shape index (κ2) is 13.7. The van der Waals surface area contributed by atoms with E-state index in [-0.39, 0.29) is 35.9 Å². The van der Waals surface area contributed by atoms with Crippen molar-refractivity contribution in [2.75, 3.05) is 32.9 Å². The highest BCUT2D eigenvalue weighted by atomic mass is 127. The molecule has 0 bridgehead atoms. The van der Waals surface area contributed by atoms with Crippen LogP contribution in [0.5, 0.6) is 0 Å². The van der Waals surface area contributed by atoms with Crippen molar-refractivity contribution < 1.29 is 13.9 Å². The molecule has 1 atom stereocenters. The molecule has 26 heavy (non-hydrogen) atoms. The quantitative estimate of drug-likeness (QED) is 0.215. The molecule has 0 aliphatic carbocycles. The minimum atomic E-state index is -0.255. The number of benzene rings is 1. The Balaban J connectivity index is 0.00000338. The van der Waals surface area contributed by atoms with Crippen LogP contribution in [-0.4, -0.2) is 45.0 Å². The number of ether oxygens (including phenoxy) is 2. The summed E-state index contributed by atoms with van der Waals surface area (Å²) in [5.74, 6) is 0.465. The molecule has 2 rings (SSSR count). The second-order valence-electron chi connectivity index (χ2n) is 5.92. The number of hydrogen-bond donors (Lipinski definition) is 2. The molecule has 148 valence electrons. The molecule has 0 radical (unpaired) electrons. The first kappa shape index (κ1) is 23.6. The van der Waals surface area contributed by atoms with Crippen LogP contribution in [0, 0.1) is 5.82 Å². The van der Waals surface area contributed by atoms with E-state index in [4.69, 9.17) is 9.47 Å². The Morgan fingerprint density at radius 1 is 1.42 bits per heavy atom. The minimum Gasteiger partial charge on any atom is -0.379 e. The number of hydrogen-bond acceptors (Lipinski definition) is 3. The fourth-order valence-corrected chi connectivity index (χ4v) is 2.91. The third-order valence-electron chi connectivity index (χ3n) is 3.85. The fraction of sp³-hybridized carbons (Fsp3) is 0.611. The Hall–Kier alpha value is -0.450. The lowest BCUT2D eigenvalue weighted by molar-refractivity contribution is 0.0168. The molecule has 1 aliphatic heterocycles. The van der Waals surface area contributed by atoms with E-state index < -0.39 is 0 Å². The summed E-state index contributed by atoms with van der Waals surface area (Å²) in [6, 6.07) is 4.62. The number of halogens is 3. The van der Waals surface area contributed by atoms with Crippen molar-refractivity contribution >= 4 is 45.9 Å². The predicted molar refractivity (Wildman–Crippen MR) is 117 cm³/mol. The Morgan fingerprint density at radius 3 is 3.00 bits per heavy atom. The molecular weight excluding hydrogens is 516 g/mol. The Morgan fingerprint density at radius 2 is 2.27 bits per heavy atom. The van der Waals surface area contributed by atoms with Gasteiger partial charge >= 0.3 is 0 Å². The molecule has 0 amide bonds. The van der Waals surface area contributed by atoms with E-state index in [2.05, 4.69) is 31.6 Å². The van der Waals surface area contributed by atoms with Crippen LogP contribution in [-0.2, 0) is 16.0 Å². The van der Waals surface area contributed by atoms with E-state index in [1.807, 2.05) is 6.92 Å². The maximum absolute atomic E-state index is 13.3. The molecule has 1 unspecified atom stereocenters. The van der Waals surface area contributed by atoms with Gasteiger partial charge in [0.15, 0.2) is 5.96 Å². The van der Waals surface area contributed by atoms with E-state index in [9.17, 15) is 4.39 Å². The van der Waals surface area contributed by atoms with Gasteiger partial charge in [0.2, 0.25) is 0 Å². The molecule has 1 heterocycles. The van der Waals surface area contributed by atoms with Crippen molar-refractivity contribution in [3.63, 3.8) is 0 Å². The molecule has 0 saturated carbocycles. The lowest BCUT2D eigenvalue weighted by atomic mass is 10.2. The van der Waals surface area contributed by atoms with Crippen LogP contribution in [0.3, 0.4) is 0 Å². The molecule has 0 spiro atoms. The van der Waals surface area contributed by atoms with Gasteiger partial charge in [-0.3, -0.25) is 0 Å². The topological polar surface area (TPSA) is 54.9 Å². The van der Waals surface area contributed by atoms with E-state index >= 15 is 0 Å². The largest absolute Gasteiger partial charge is 0.379 e. The molecule has 1 saturated heterocycles. The highest BCUT2D eigenvalue weighted by molar-refractivity contribution is 14.0. The molecule has 1 aliphatic rings. The average molecular weight is 544 g/mol. The highest BCUT2D eigenvalue weighted by Crippen LogP contribution is 2.18. The van der Waals surface area contributed by atoms with Gasteiger partial charge in [0.05, 0.1) is 19.3 Å². The van der Waals surface area contributed by atoms with Crippen LogP contribution in [0.15, 0.2) is 27.7 Å². The maximum atomic E-state index is 13.3. The van der Waals surface area contributed by atoms with Gasteiger partial charge in [-0.05, 0) is 49.9 Å². The summed E-state index contributed by atoms with van der Waals surface area (Å²) in [6.45, 7) is 6.19. The van der Waals surface area contributed by atoms with Gasteiger partial charge in [-0.1, -0.05) is 15.9 Å². The monoisotopic (exact) mass is 543 g/mol. The van der Waals surface area contributed by atoms with Crippen LogP contribution in [0.2, 0.25) is 0 Å². The lowest BCUT2D eigenvalue weighted by Gasteiger charge is -2.13. The van der Waals surface area contributed by atoms with Crippen molar-refractivity contribution in [2.45, 2.75) is 38.8 Å². The van der Waals surface area contributed by atoms with E-state index in [1.165, 1.54) is 12.1 Å². The molecule has 2 N–H and O–H groups in total. The van der Waals surface area contributed by atoms with Gasteiger partial charge in [0.1, 0.15) is 5.82 Å². The SMILES string of the molecule is CCNC(=NCc1cc(F)ccc1Br)NCCCOCC1CCCO1.I. The van der Waals surface area contributed by atoms with E-state index in [0.29, 0.717) is 19.8 Å². The zero-order valence-corrected chi connectivity index (χ0v) is 19.0. The summed E-state index contributed by atoms with van der Waals surface area (Å²) >= 11 is 3.42. The first-order chi connectivity index (χ1) is 12.2. The van der Waals surface area contributed by atoms with Crippen LogP contribution >= 0.6 is 39.9 Å². The van der Waals surface area contributed by atoms with Gasteiger partial charge in [-0.25, -0.2) is 9.38 Å². The van der Waals surface area contributed by atoms with Crippen molar-refractivity contribution in [2.24, 2.45) is 4.99 Å². The van der Waals surface area contributed by atoms with Gasteiger partial charge < -0.3 is 20.1 Å². The number of aliphatic imine (C=N–C) groups is 1. The summed E-state index contributed by atoms with van der Waals surface area (Å²) in [5.41, 5.74) is 0.817. The molecule has 5 nitrogen and oxygen atoms in total. The summed E-state index contributed by atoms with van der Waals surface area (Å²) in [5, 5.41) is 6.46. The molecular formula is C18H28BrFIN3O2. The van der Waals surface area contributed by atoms with Crippen molar-refractivity contribution in [3.8, 4) is 0 Å². The first-order valence-electron chi connectivity index (χ1n) is 8.84. The lowest BCUT2D eigenvalue weighted by Crippen LogP contribution is -2.38. The predicted octanol–water partition coefficient (Wildman–Crippen LogP) is 3.85. The Bertz CT molecular complexity index is 557. The molecule has 1 fully saturated rings. The van der Waals surface area contributed by atoms with Crippen molar-refractivity contribution in [3.05, 3.63) is 34.1 Å². The molecule has 1 aromatic rings. The number of nitrogens with one attached hydrogen (secondary N) is 2. The van der Waals surface area contributed by atoms with Crippen LogP contribution in [0.25, 0.3) is 0 Å². The summed E-state index contributed by atoms with van der Waals surface area (Å²) < 4.78 is 25.4. The fourth-order valence-electron chi connectivity index (χ4n) is 2.54. The van der Waals surface area contributed by atoms with Crippen LogP contribution < -0.4 is 10.6 Å². The van der Waals surface area contributed by atoms with Crippen LogP contribution in [0.1, 0.15) is 31.7 Å². The molecule has 0 aromatic heterocycles. The van der Waals surface area contributed by atoms with Crippen LogP contribution in [0.4, 0.5) is 4.39 Å². The van der Waals surface area contributed by atoms with Crippen molar-refractivity contribution in [1.82, 2.24) is 10.6 Å². The Labute approximate surface area is 180 Å². The number of rotatable bonds is 9. The molecule has 8 heteroatoms. The zero-order valence-electron chi connectivity index (χ0n) is 15.1. The summed E-state index contributed by atoms with van der Waals surface area (Å²) in [7, 11) is 0. The van der Waals surface area contributed by atoms with Gasteiger partial charge in [-0.2, -0.15) is 0 Å². The Kier molecular flexibility index (Phi) is 12.4. The van der Waals surface area contributed by atoms with Gasteiger partial charge in [-0.15, -0.1) is 24.0 Å². The maximum Gasteiger partial charge on any atom is 0.191 e. The normalized spacial score (nSPS) is 17.0. The summed E-state index contributed by atoms with van der Waals surface area (Å²) in [4.78, 5) is 4.50. The number of guanidine groups is 1. The average Bonchev–Trinajstić information content (AvgIpc) is 3.11. The summed E-state index contributed by atoms with van der Waals surface area (Å²) in [6.07, 6.45) is 3.40. The third-order valence-corrected chi connectivity index (χ3v) is 4.62. The number of nitrogens with zero attached hydrogens (tertiary/aromatic N) is 1. The minimum absolute atomic E-state index is 0. The zero-order chi connectivity index (χ0) is 17.9. The van der Waals surface area contributed by atoms with Gasteiger partial charge in [0, 0.05) is 30.8 Å². The smallest absolute Gasteiger partial charge is 0.191 e. The van der Waals surface area contributed by atoms with Gasteiger partial charge in [0.25, 0.3) is 0 Å². The highest BCUT2D eigenvalue weighted by Gasteiger charge is 2.14.